The van der Waals surface area contributed by atoms with Crippen LogP contribution in [0.25, 0.3) is 5.57 Å². The lowest BCUT2D eigenvalue weighted by Gasteiger charge is -2.27. The molecule has 1 atom stereocenters. The molecule has 0 saturated carbocycles. The highest BCUT2D eigenvalue weighted by molar-refractivity contribution is 6.05. The van der Waals surface area contributed by atoms with Crippen LogP contribution in [-0.2, 0) is 11.3 Å². The zero-order chi connectivity index (χ0) is 17.9. The van der Waals surface area contributed by atoms with Gasteiger partial charge >= 0.3 is 0 Å². The second-order valence-electron chi connectivity index (χ2n) is 6.23. The van der Waals surface area contributed by atoms with Gasteiger partial charge in [0.2, 0.25) is 0 Å². The van der Waals surface area contributed by atoms with Gasteiger partial charge < -0.3 is 10.0 Å². The van der Waals surface area contributed by atoms with E-state index in [9.17, 15) is 9.90 Å². The minimum absolute atomic E-state index is 0.181. The maximum absolute atomic E-state index is 12.9. The number of aliphatic hydroxyl groups excluding tert-OH is 1. The molecule has 0 bridgehead atoms. The van der Waals surface area contributed by atoms with Gasteiger partial charge in [0, 0.05) is 24.5 Å². The summed E-state index contributed by atoms with van der Waals surface area (Å²) in [4.78, 5) is 18.6. The van der Waals surface area contributed by atoms with E-state index in [4.69, 9.17) is 0 Å². The third-order valence-corrected chi connectivity index (χ3v) is 4.61. The molecule has 0 spiro atoms. The van der Waals surface area contributed by atoms with Crippen molar-refractivity contribution in [1.82, 2.24) is 9.88 Å². The maximum atomic E-state index is 12.9. The summed E-state index contributed by atoms with van der Waals surface area (Å²) in [7, 11) is 0. The van der Waals surface area contributed by atoms with Gasteiger partial charge in [-0.15, -0.1) is 0 Å². The first-order chi connectivity index (χ1) is 12.8. The minimum atomic E-state index is -0.352. The van der Waals surface area contributed by atoms with Crippen LogP contribution in [0.4, 0.5) is 0 Å². The van der Waals surface area contributed by atoms with Crippen molar-refractivity contribution in [2.24, 2.45) is 0 Å². The monoisotopic (exact) mass is 342 g/mol. The van der Waals surface area contributed by atoms with Crippen molar-refractivity contribution in [3.63, 3.8) is 0 Å². The lowest BCUT2D eigenvalue weighted by molar-refractivity contribution is -0.130. The zero-order valence-electron chi connectivity index (χ0n) is 14.1. The number of amides is 1. The van der Waals surface area contributed by atoms with E-state index in [1.54, 1.807) is 17.3 Å². The zero-order valence-corrected chi connectivity index (χ0v) is 14.1. The molecular weight excluding hydrogens is 324 g/mol. The van der Waals surface area contributed by atoms with Crippen molar-refractivity contribution >= 4 is 11.5 Å². The second-order valence-corrected chi connectivity index (χ2v) is 6.23. The predicted octanol–water partition coefficient (Wildman–Crippen LogP) is 4.13. The number of nitrogens with zero attached hydrogens (tertiary/aromatic N) is 2. The van der Waals surface area contributed by atoms with E-state index in [1.165, 1.54) is 0 Å². The minimum Gasteiger partial charge on any atom is -0.503 e. The quantitative estimate of drug-likeness (QED) is 0.775. The smallest absolute Gasteiger partial charge is 0.290 e. The number of pyridine rings is 1. The lowest BCUT2D eigenvalue weighted by atomic mass is 9.93. The van der Waals surface area contributed by atoms with Crippen LogP contribution >= 0.6 is 0 Å². The first kappa shape index (κ1) is 16.1. The van der Waals surface area contributed by atoms with Crippen molar-refractivity contribution in [2.45, 2.75) is 12.6 Å². The van der Waals surface area contributed by atoms with Gasteiger partial charge in [0.25, 0.3) is 5.91 Å². The summed E-state index contributed by atoms with van der Waals surface area (Å²) < 4.78 is 0. The van der Waals surface area contributed by atoms with Crippen LogP contribution in [0.3, 0.4) is 0 Å². The van der Waals surface area contributed by atoms with Crippen molar-refractivity contribution in [1.29, 1.82) is 0 Å². The fraction of sp³-hybridized carbons (Fsp3) is 0.0909. The second kappa shape index (κ2) is 6.84. The largest absolute Gasteiger partial charge is 0.503 e. The van der Waals surface area contributed by atoms with Gasteiger partial charge in [-0.25, -0.2) is 0 Å². The van der Waals surface area contributed by atoms with Gasteiger partial charge in [0.1, 0.15) is 0 Å². The Labute approximate surface area is 152 Å². The van der Waals surface area contributed by atoms with Gasteiger partial charge in [-0.2, -0.15) is 0 Å². The van der Waals surface area contributed by atoms with Crippen molar-refractivity contribution in [2.75, 3.05) is 0 Å². The molecule has 0 saturated heterocycles. The molecule has 0 radical (unpaired) electrons. The SMILES string of the molecule is O=C1C(O)=C(c2ccccc2)[C@@H](c2ccccc2)N1Cc1ccncc1. The van der Waals surface area contributed by atoms with E-state index in [-0.39, 0.29) is 17.7 Å². The summed E-state index contributed by atoms with van der Waals surface area (Å²) in [6.45, 7) is 0.404. The average Bonchev–Trinajstić information content (AvgIpc) is 2.95. The van der Waals surface area contributed by atoms with E-state index >= 15 is 0 Å². The molecule has 1 aliphatic rings. The Morgan fingerprint density at radius 2 is 1.50 bits per heavy atom. The van der Waals surface area contributed by atoms with Crippen LogP contribution in [-0.4, -0.2) is 20.9 Å². The number of aliphatic hydroxyl groups is 1. The molecule has 1 aromatic heterocycles. The Kier molecular flexibility index (Phi) is 4.23. The van der Waals surface area contributed by atoms with E-state index in [1.807, 2.05) is 72.8 Å². The number of aromatic nitrogens is 1. The van der Waals surface area contributed by atoms with Gasteiger partial charge in [-0.05, 0) is 28.8 Å². The molecule has 0 fully saturated rings. The van der Waals surface area contributed by atoms with Crippen LogP contribution < -0.4 is 0 Å². The molecule has 4 nitrogen and oxygen atoms in total. The molecule has 1 N–H and O–H groups in total. The maximum Gasteiger partial charge on any atom is 0.290 e. The molecule has 2 aromatic carbocycles. The van der Waals surface area contributed by atoms with Crippen molar-refractivity contribution in [3.05, 3.63) is 108 Å². The molecule has 128 valence electrons. The summed E-state index contributed by atoms with van der Waals surface area (Å²) in [5.41, 5.74) is 3.44. The fourth-order valence-corrected chi connectivity index (χ4v) is 3.40. The molecular formula is C22H18N2O2. The normalized spacial score (nSPS) is 17.0. The van der Waals surface area contributed by atoms with Crippen LogP contribution in [0, 0.1) is 0 Å². The molecule has 3 aromatic rings. The standard InChI is InChI=1S/C22H18N2O2/c25-21-19(17-7-3-1-4-8-17)20(18-9-5-2-6-10-18)24(22(21)26)15-16-11-13-23-14-12-16/h1-14,20,25H,15H2/t20-/m1/s1. The third kappa shape index (κ3) is 2.86. The summed E-state index contributed by atoms with van der Waals surface area (Å²) in [5, 5.41) is 10.7. The molecule has 1 aliphatic heterocycles. The summed E-state index contributed by atoms with van der Waals surface area (Å²) in [5.74, 6) is -0.534. The van der Waals surface area contributed by atoms with E-state index in [2.05, 4.69) is 4.98 Å². The highest BCUT2D eigenvalue weighted by Crippen LogP contribution is 2.43. The van der Waals surface area contributed by atoms with Crippen LogP contribution in [0.1, 0.15) is 22.7 Å². The Hall–Kier alpha value is -3.40. The summed E-state index contributed by atoms with van der Waals surface area (Å²) in [6, 6.07) is 22.8. The Morgan fingerprint density at radius 3 is 2.15 bits per heavy atom. The molecule has 0 unspecified atom stereocenters. The Balaban J connectivity index is 1.81. The van der Waals surface area contributed by atoms with E-state index in [0.29, 0.717) is 12.1 Å². The molecule has 4 heteroatoms. The number of benzene rings is 2. The summed E-state index contributed by atoms with van der Waals surface area (Å²) >= 11 is 0. The van der Waals surface area contributed by atoms with Crippen LogP contribution in [0.5, 0.6) is 0 Å². The van der Waals surface area contributed by atoms with E-state index in [0.717, 1.165) is 16.7 Å². The van der Waals surface area contributed by atoms with Crippen LogP contribution in [0.15, 0.2) is 90.9 Å². The summed E-state index contributed by atoms with van der Waals surface area (Å²) in [6.07, 6.45) is 3.41. The Bertz CT molecular complexity index is 938. The fourth-order valence-electron chi connectivity index (χ4n) is 3.40. The highest BCUT2D eigenvalue weighted by Gasteiger charge is 2.40. The van der Waals surface area contributed by atoms with Crippen molar-refractivity contribution in [3.8, 4) is 0 Å². The first-order valence-electron chi connectivity index (χ1n) is 8.49. The van der Waals surface area contributed by atoms with Gasteiger partial charge in [-0.3, -0.25) is 9.78 Å². The molecule has 4 rings (SSSR count). The first-order valence-corrected chi connectivity index (χ1v) is 8.49. The topological polar surface area (TPSA) is 53.4 Å². The Morgan fingerprint density at radius 1 is 0.885 bits per heavy atom. The number of hydrogen-bond donors (Lipinski definition) is 1. The van der Waals surface area contributed by atoms with Crippen molar-refractivity contribution < 1.29 is 9.90 Å². The van der Waals surface area contributed by atoms with E-state index < -0.39 is 0 Å². The third-order valence-electron chi connectivity index (χ3n) is 4.61. The molecule has 1 amide bonds. The number of carbonyl (C=O) groups excluding carboxylic acids is 1. The number of hydrogen-bond acceptors (Lipinski definition) is 3. The van der Waals surface area contributed by atoms with Crippen LogP contribution in [0.2, 0.25) is 0 Å². The number of carbonyl (C=O) groups is 1. The number of rotatable bonds is 4. The molecule has 26 heavy (non-hydrogen) atoms. The molecule has 0 aliphatic carbocycles. The lowest BCUT2D eigenvalue weighted by Crippen LogP contribution is -2.29. The van der Waals surface area contributed by atoms with Gasteiger partial charge in [0.15, 0.2) is 5.76 Å². The van der Waals surface area contributed by atoms with Gasteiger partial charge in [-0.1, -0.05) is 60.7 Å². The molecule has 2 heterocycles. The highest BCUT2D eigenvalue weighted by atomic mass is 16.3. The van der Waals surface area contributed by atoms with Gasteiger partial charge in [0.05, 0.1) is 6.04 Å². The predicted molar refractivity (Wildman–Crippen MR) is 100.0 cm³/mol. The average molecular weight is 342 g/mol.